The first-order valence-corrected chi connectivity index (χ1v) is 14.2. The number of hydrogen-bond donors (Lipinski definition) is 0. The summed E-state index contributed by atoms with van der Waals surface area (Å²) in [7, 11) is 0. The van der Waals surface area contributed by atoms with E-state index in [9.17, 15) is 0 Å². The van der Waals surface area contributed by atoms with Crippen molar-refractivity contribution >= 4 is 22.9 Å². The molecule has 3 heterocycles. The van der Waals surface area contributed by atoms with Gasteiger partial charge < -0.3 is 0 Å². The number of pyridine rings is 1. The summed E-state index contributed by atoms with van der Waals surface area (Å²) >= 11 is 0. The van der Waals surface area contributed by atoms with Crippen LogP contribution < -0.4 is 4.90 Å². The van der Waals surface area contributed by atoms with Crippen molar-refractivity contribution in [3.63, 3.8) is 0 Å². The highest BCUT2D eigenvalue weighted by atomic mass is 15.3. The molecule has 200 valence electrons. The van der Waals surface area contributed by atoms with Gasteiger partial charge in [-0.1, -0.05) is 117 Å². The summed E-state index contributed by atoms with van der Waals surface area (Å²) in [4.78, 5) is 22.2. The Hall–Kier alpha value is -5.42. The van der Waals surface area contributed by atoms with Crippen LogP contribution in [0.3, 0.4) is 0 Å². The van der Waals surface area contributed by atoms with E-state index >= 15 is 0 Å². The molecule has 0 radical (unpaired) electrons. The van der Waals surface area contributed by atoms with E-state index in [4.69, 9.17) is 15.0 Å². The molecule has 0 bridgehead atoms. The monoisotopic (exact) mass is 541 g/mol. The Morgan fingerprint density at radius 2 is 1.14 bits per heavy atom. The fourth-order valence-electron chi connectivity index (χ4n) is 6.45. The first-order valence-electron chi connectivity index (χ1n) is 14.2. The molecular formula is C37H27N5. The van der Waals surface area contributed by atoms with Crippen molar-refractivity contribution in [3.05, 3.63) is 144 Å². The van der Waals surface area contributed by atoms with Gasteiger partial charge in [-0.3, -0.25) is 9.88 Å². The highest BCUT2D eigenvalue weighted by Crippen LogP contribution is 2.58. The number of nitrogens with zero attached hydrogens (tertiary/aromatic N) is 5. The maximum absolute atomic E-state index is 5.19. The number of hydrogen-bond acceptors (Lipinski definition) is 5. The molecule has 0 atom stereocenters. The number of anilines is 2. The van der Waals surface area contributed by atoms with Crippen molar-refractivity contribution in [1.29, 1.82) is 0 Å². The molecule has 1 aliphatic carbocycles. The van der Waals surface area contributed by atoms with Crippen LogP contribution >= 0.6 is 0 Å². The molecule has 0 spiro atoms. The van der Waals surface area contributed by atoms with Crippen molar-refractivity contribution in [1.82, 2.24) is 19.9 Å². The Balaban J connectivity index is 1.50. The lowest BCUT2D eigenvalue weighted by Gasteiger charge is -2.27. The normalized spacial score (nSPS) is 14.5. The lowest BCUT2D eigenvalue weighted by atomic mass is 9.77. The third-order valence-electron chi connectivity index (χ3n) is 8.35. The summed E-state index contributed by atoms with van der Waals surface area (Å²) in [5, 5.41) is 0. The van der Waals surface area contributed by atoms with Gasteiger partial charge in [-0.05, 0) is 28.8 Å². The maximum atomic E-state index is 5.19. The first kappa shape index (κ1) is 24.4. The van der Waals surface area contributed by atoms with Gasteiger partial charge in [0, 0.05) is 45.6 Å². The predicted molar refractivity (Wildman–Crippen MR) is 169 cm³/mol. The quantitative estimate of drug-likeness (QED) is 0.225. The van der Waals surface area contributed by atoms with E-state index in [0.717, 1.165) is 33.6 Å². The molecule has 5 heteroatoms. The summed E-state index contributed by atoms with van der Waals surface area (Å²) in [6.07, 6.45) is 3.88. The van der Waals surface area contributed by atoms with Crippen LogP contribution in [0.5, 0.6) is 0 Å². The van der Waals surface area contributed by atoms with Crippen LogP contribution in [0.4, 0.5) is 11.6 Å². The zero-order valence-electron chi connectivity index (χ0n) is 23.4. The van der Waals surface area contributed by atoms with E-state index < -0.39 is 0 Å². The summed E-state index contributed by atoms with van der Waals surface area (Å²) in [5.74, 6) is 1.84. The molecule has 0 saturated heterocycles. The van der Waals surface area contributed by atoms with Gasteiger partial charge in [0.1, 0.15) is 0 Å². The van der Waals surface area contributed by atoms with Crippen LogP contribution in [0.25, 0.3) is 45.2 Å². The molecule has 8 rings (SSSR count). The number of para-hydroxylation sites is 1. The number of aromatic nitrogens is 4. The van der Waals surface area contributed by atoms with Crippen LogP contribution in [-0.2, 0) is 5.41 Å². The molecule has 0 unspecified atom stereocenters. The molecule has 0 N–H and O–H groups in total. The minimum Gasteiger partial charge on any atom is -0.277 e. The van der Waals surface area contributed by atoms with Crippen LogP contribution in [-0.4, -0.2) is 19.9 Å². The molecular weight excluding hydrogens is 514 g/mol. The van der Waals surface area contributed by atoms with Crippen molar-refractivity contribution < 1.29 is 0 Å². The van der Waals surface area contributed by atoms with Crippen LogP contribution in [0.2, 0.25) is 0 Å². The van der Waals surface area contributed by atoms with Crippen LogP contribution in [0, 0.1) is 0 Å². The average molecular weight is 542 g/mol. The van der Waals surface area contributed by atoms with Gasteiger partial charge in [-0.25, -0.2) is 4.98 Å². The minimum absolute atomic E-state index is 0.264. The lowest BCUT2D eigenvalue weighted by Crippen LogP contribution is -2.20. The molecule has 5 nitrogen and oxygen atoms in total. The Labute approximate surface area is 244 Å². The Bertz CT molecular complexity index is 1950. The number of benzene rings is 4. The van der Waals surface area contributed by atoms with Crippen molar-refractivity contribution in [3.8, 4) is 33.9 Å². The van der Waals surface area contributed by atoms with E-state index in [0.29, 0.717) is 17.6 Å². The smallest absolute Gasteiger partial charge is 0.238 e. The molecule has 0 amide bonds. The molecule has 4 aromatic carbocycles. The van der Waals surface area contributed by atoms with E-state index in [-0.39, 0.29) is 5.41 Å². The third-order valence-corrected chi connectivity index (χ3v) is 8.35. The fourth-order valence-corrected chi connectivity index (χ4v) is 6.45. The van der Waals surface area contributed by atoms with Crippen molar-refractivity contribution in [2.45, 2.75) is 19.3 Å². The summed E-state index contributed by atoms with van der Waals surface area (Å²) in [6, 6.07) is 39.6. The Morgan fingerprint density at radius 3 is 1.83 bits per heavy atom. The molecule has 1 aliphatic heterocycles. The summed E-state index contributed by atoms with van der Waals surface area (Å²) < 4.78 is 0. The van der Waals surface area contributed by atoms with Gasteiger partial charge in [-0.15, -0.1) is 0 Å². The number of fused-ring (bicyclic) bond motifs is 6. The van der Waals surface area contributed by atoms with Crippen LogP contribution in [0.15, 0.2) is 128 Å². The second kappa shape index (κ2) is 9.32. The van der Waals surface area contributed by atoms with E-state index in [1.54, 1.807) is 0 Å². The molecule has 42 heavy (non-hydrogen) atoms. The number of allylic oxidation sites excluding steroid dienone is 1. The standard InChI is InChI=1S/C37H27N5/c1-37(2)30-19-11-9-18-28(30)33-32(37)27-21-22-38-23-29(27)26-17-10-12-20-31(26)42(33)36-40-34(24-13-5-3-6-14-24)39-35(41-36)25-15-7-4-8-16-25/h3-23H,1-2H3. The predicted octanol–water partition coefficient (Wildman–Crippen LogP) is 8.58. The fraction of sp³-hybridized carbons (Fsp3) is 0.0811. The van der Waals surface area contributed by atoms with Gasteiger partial charge in [0.05, 0.1) is 11.4 Å². The molecule has 0 saturated carbocycles. The highest BCUT2D eigenvalue weighted by Gasteiger charge is 2.44. The van der Waals surface area contributed by atoms with Gasteiger partial charge in [0.15, 0.2) is 11.6 Å². The minimum atomic E-state index is -0.264. The second-order valence-electron chi connectivity index (χ2n) is 11.2. The van der Waals surface area contributed by atoms with E-state index in [1.165, 1.54) is 22.3 Å². The van der Waals surface area contributed by atoms with Crippen molar-refractivity contribution in [2.24, 2.45) is 0 Å². The third kappa shape index (κ3) is 3.63. The molecule has 2 aromatic heterocycles. The maximum Gasteiger partial charge on any atom is 0.238 e. The molecule has 2 aliphatic rings. The molecule has 6 aromatic rings. The van der Waals surface area contributed by atoms with E-state index in [1.807, 2.05) is 73.1 Å². The average Bonchev–Trinajstić information content (AvgIpc) is 3.19. The van der Waals surface area contributed by atoms with Gasteiger partial charge in [0.25, 0.3) is 0 Å². The molecule has 0 fully saturated rings. The highest BCUT2D eigenvalue weighted by molar-refractivity contribution is 6.13. The van der Waals surface area contributed by atoms with Gasteiger partial charge in [0.2, 0.25) is 5.95 Å². The topological polar surface area (TPSA) is 54.8 Å². The Kier molecular flexibility index (Phi) is 5.41. The lowest BCUT2D eigenvalue weighted by molar-refractivity contribution is 0.704. The second-order valence-corrected chi connectivity index (χ2v) is 11.2. The van der Waals surface area contributed by atoms with Crippen LogP contribution in [0.1, 0.15) is 30.5 Å². The first-order chi connectivity index (χ1) is 20.6. The number of rotatable bonds is 3. The summed E-state index contributed by atoms with van der Waals surface area (Å²) in [6.45, 7) is 4.62. The zero-order chi connectivity index (χ0) is 28.3. The Morgan fingerprint density at radius 1 is 0.548 bits per heavy atom. The van der Waals surface area contributed by atoms with Crippen molar-refractivity contribution in [2.75, 3.05) is 4.90 Å². The van der Waals surface area contributed by atoms with E-state index in [2.05, 4.69) is 78.3 Å². The largest absolute Gasteiger partial charge is 0.277 e. The summed E-state index contributed by atoms with van der Waals surface area (Å²) in [5.41, 5.74) is 10.8. The van der Waals surface area contributed by atoms with Gasteiger partial charge >= 0.3 is 0 Å². The van der Waals surface area contributed by atoms with Gasteiger partial charge in [-0.2, -0.15) is 9.97 Å². The zero-order valence-corrected chi connectivity index (χ0v) is 23.4. The SMILES string of the molecule is CC1(C)C2=C(c3ccccc31)N(c1nc(-c3ccccc3)nc(-c3ccccc3)n1)c1ccccc1-c1cnccc12.